The molecule has 7 heteroatoms. The number of nitrogens with zero attached hydrogens (tertiary/aromatic N) is 2. The van der Waals surface area contributed by atoms with Crippen molar-refractivity contribution in [3.05, 3.63) is 29.8 Å². The standard InChI is InChI=1S/C15H16N2O5/c1-3-22-15(21)12(18)10-5-4-6-11(9-10)17-8-7-16(2)13(19)14(17)20/h4-6,9H,3,7-8H2,1-2H3. The maximum atomic E-state index is 12.0. The fourth-order valence-electron chi connectivity index (χ4n) is 2.11. The first kappa shape index (κ1) is 15.7. The van der Waals surface area contributed by atoms with Gasteiger partial charge in [0.1, 0.15) is 0 Å². The van der Waals surface area contributed by atoms with Gasteiger partial charge in [0.2, 0.25) is 0 Å². The van der Waals surface area contributed by atoms with Crippen LogP contribution in [-0.4, -0.2) is 55.2 Å². The fraction of sp³-hybridized carbons (Fsp3) is 0.333. The number of benzene rings is 1. The van der Waals surface area contributed by atoms with Crippen LogP contribution in [0.5, 0.6) is 0 Å². The first-order valence-electron chi connectivity index (χ1n) is 6.84. The zero-order valence-electron chi connectivity index (χ0n) is 12.4. The van der Waals surface area contributed by atoms with Crippen molar-refractivity contribution in [1.29, 1.82) is 0 Å². The molecule has 1 aromatic carbocycles. The highest BCUT2D eigenvalue weighted by atomic mass is 16.5. The number of ether oxygens (including phenoxy) is 1. The number of hydrogen-bond acceptors (Lipinski definition) is 5. The van der Waals surface area contributed by atoms with E-state index in [2.05, 4.69) is 4.74 Å². The second kappa shape index (κ2) is 6.38. The van der Waals surface area contributed by atoms with Crippen LogP contribution < -0.4 is 4.90 Å². The van der Waals surface area contributed by atoms with Crippen molar-refractivity contribution in [3.8, 4) is 0 Å². The normalized spacial score (nSPS) is 15.0. The number of piperazine rings is 1. The Morgan fingerprint density at radius 2 is 1.91 bits per heavy atom. The van der Waals surface area contributed by atoms with Gasteiger partial charge >= 0.3 is 17.8 Å². The monoisotopic (exact) mass is 304 g/mol. The van der Waals surface area contributed by atoms with E-state index in [1.54, 1.807) is 26.1 Å². The quantitative estimate of drug-likeness (QED) is 0.452. The first-order valence-corrected chi connectivity index (χ1v) is 6.84. The summed E-state index contributed by atoms with van der Waals surface area (Å²) >= 11 is 0. The number of Topliss-reactive ketones (excluding diaryl/α,β-unsaturated/α-hetero) is 1. The highest BCUT2D eigenvalue weighted by molar-refractivity contribution is 6.42. The number of carbonyl (C=O) groups is 4. The molecule has 1 aliphatic rings. The lowest BCUT2D eigenvalue weighted by Crippen LogP contribution is -2.53. The largest absolute Gasteiger partial charge is 0.460 e. The third-order valence-electron chi connectivity index (χ3n) is 3.31. The molecule has 2 rings (SSSR count). The van der Waals surface area contributed by atoms with Crippen molar-refractivity contribution < 1.29 is 23.9 Å². The molecule has 0 aromatic heterocycles. The van der Waals surface area contributed by atoms with Gasteiger partial charge in [-0.25, -0.2) is 4.79 Å². The Hall–Kier alpha value is -2.70. The Morgan fingerprint density at radius 3 is 2.59 bits per heavy atom. The van der Waals surface area contributed by atoms with Gasteiger partial charge in [-0.15, -0.1) is 0 Å². The Balaban J connectivity index is 2.25. The molecule has 0 radical (unpaired) electrons. The molecule has 1 saturated heterocycles. The smallest absolute Gasteiger partial charge is 0.379 e. The van der Waals surface area contributed by atoms with Crippen molar-refractivity contribution in [3.63, 3.8) is 0 Å². The molecule has 0 N–H and O–H groups in total. The van der Waals surface area contributed by atoms with E-state index in [-0.39, 0.29) is 12.2 Å². The second-order valence-corrected chi connectivity index (χ2v) is 4.78. The molecule has 1 heterocycles. The third kappa shape index (κ3) is 2.98. The predicted octanol–water partition coefficient (Wildman–Crippen LogP) is 0.237. The van der Waals surface area contributed by atoms with Gasteiger partial charge in [0, 0.05) is 31.4 Å². The molecule has 22 heavy (non-hydrogen) atoms. The predicted molar refractivity (Wildman–Crippen MR) is 77.4 cm³/mol. The number of ketones is 1. The summed E-state index contributed by atoms with van der Waals surface area (Å²) in [7, 11) is 1.55. The first-order chi connectivity index (χ1) is 10.5. The summed E-state index contributed by atoms with van der Waals surface area (Å²) < 4.78 is 4.67. The zero-order chi connectivity index (χ0) is 16.3. The fourth-order valence-corrected chi connectivity index (χ4v) is 2.11. The van der Waals surface area contributed by atoms with E-state index in [9.17, 15) is 19.2 Å². The average molecular weight is 304 g/mol. The van der Waals surface area contributed by atoms with Crippen molar-refractivity contribution in [2.75, 3.05) is 31.6 Å². The summed E-state index contributed by atoms with van der Waals surface area (Å²) in [5.41, 5.74) is 0.525. The second-order valence-electron chi connectivity index (χ2n) is 4.78. The molecular formula is C15H16N2O5. The summed E-state index contributed by atoms with van der Waals surface area (Å²) in [5, 5.41) is 0. The van der Waals surface area contributed by atoms with Gasteiger partial charge in [-0.2, -0.15) is 0 Å². The molecule has 0 atom stereocenters. The van der Waals surface area contributed by atoms with Crippen molar-refractivity contribution >= 4 is 29.3 Å². The van der Waals surface area contributed by atoms with Gasteiger partial charge in [0.15, 0.2) is 0 Å². The minimum absolute atomic E-state index is 0.107. The summed E-state index contributed by atoms with van der Waals surface area (Å²) in [4.78, 5) is 49.8. The van der Waals surface area contributed by atoms with E-state index in [0.717, 1.165) is 0 Å². The van der Waals surface area contributed by atoms with Gasteiger partial charge in [-0.05, 0) is 19.1 Å². The van der Waals surface area contributed by atoms with Crippen molar-refractivity contribution in [2.24, 2.45) is 0 Å². The van der Waals surface area contributed by atoms with Gasteiger partial charge < -0.3 is 14.5 Å². The number of esters is 1. The number of rotatable bonds is 4. The van der Waals surface area contributed by atoms with E-state index in [1.165, 1.54) is 21.9 Å². The molecular weight excluding hydrogens is 288 g/mol. The van der Waals surface area contributed by atoms with Crippen LogP contribution in [0.4, 0.5) is 5.69 Å². The molecule has 116 valence electrons. The highest BCUT2D eigenvalue weighted by Crippen LogP contribution is 2.19. The molecule has 1 aromatic rings. The number of hydrogen-bond donors (Lipinski definition) is 0. The van der Waals surface area contributed by atoms with Crippen LogP contribution in [0, 0.1) is 0 Å². The average Bonchev–Trinajstić information content (AvgIpc) is 2.52. The van der Waals surface area contributed by atoms with E-state index in [4.69, 9.17) is 0 Å². The molecule has 7 nitrogen and oxygen atoms in total. The van der Waals surface area contributed by atoms with Gasteiger partial charge in [0.25, 0.3) is 5.78 Å². The van der Waals surface area contributed by atoms with Gasteiger partial charge in [-0.1, -0.05) is 12.1 Å². The molecule has 1 aliphatic heterocycles. The summed E-state index contributed by atoms with van der Waals surface area (Å²) in [6.07, 6.45) is 0. The van der Waals surface area contributed by atoms with Crippen LogP contribution in [0.25, 0.3) is 0 Å². The summed E-state index contributed by atoms with van der Waals surface area (Å²) in [6, 6.07) is 6.04. The third-order valence-corrected chi connectivity index (χ3v) is 3.31. The SMILES string of the molecule is CCOC(=O)C(=O)c1cccc(N2CCN(C)C(=O)C2=O)c1. The van der Waals surface area contributed by atoms with Crippen molar-refractivity contribution in [1.82, 2.24) is 4.90 Å². The van der Waals surface area contributed by atoms with Gasteiger partial charge in [0.05, 0.1) is 6.61 Å². The van der Waals surface area contributed by atoms with Crippen LogP contribution in [0.1, 0.15) is 17.3 Å². The topological polar surface area (TPSA) is 84.0 Å². The maximum absolute atomic E-state index is 12.0. The number of carbonyl (C=O) groups excluding carboxylic acids is 4. The highest BCUT2D eigenvalue weighted by Gasteiger charge is 2.31. The van der Waals surface area contributed by atoms with E-state index < -0.39 is 23.6 Å². The summed E-state index contributed by atoms with van der Waals surface area (Å²) in [6.45, 7) is 2.45. The van der Waals surface area contributed by atoms with Crippen LogP contribution >= 0.6 is 0 Å². The Morgan fingerprint density at radius 1 is 1.18 bits per heavy atom. The maximum Gasteiger partial charge on any atom is 0.379 e. The minimum Gasteiger partial charge on any atom is -0.460 e. The molecule has 0 aliphatic carbocycles. The van der Waals surface area contributed by atoms with E-state index in [1.807, 2.05) is 0 Å². The molecule has 0 spiro atoms. The van der Waals surface area contributed by atoms with Crippen LogP contribution in [0.3, 0.4) is 0 Å². The zero-order valence-corrected chi connectivity index (χ0v) is 12.4. The Bertz CT molecular complexity index is 641. The summed E-state index contributed by atoms with van der Waals surface area (Å²) in [5.74, 6) is -2.99. The van der Waals surface area contributed by atoms with E-state index in [0.29, 0.717) is 18.8 Å². The molecule has 1 fully saturated rings. The molecule has 0 unspecified atom stereocenters. The number of likely N-dealkylation sites (N-methyl/N-ethyl adjacent to an activating group) is 1. The minimum atomic E-state index is -0.944. The van der Waals surface area contributed by atoms with Crippen LogP contribution in [0.15, 0.2) is 24.3 Å². The lowest BCUT2D eigenvalue weighted by Gasteiger charge is -2.31. The van der Waals surface area contributed by atoms with Crippen molar-refractivity contribution in [2.45, 2.75) is 6.92 Å². The van der Waals surface area contributed by atoms with Crippen LogP contribution in [0.2, 0.25) is 0 Å². The van der Waals surface area contributed by atoms with Gasteiger partial charge in [-0.3, -0.25) is 14.4 Å². The molecule has 0 saturated carbocycles. The molecule has 0 bridgehead atoms. The lowest BCUT2D eigenvalue weighted by molar-refractivity contribution is -0.145. The number of amides is 2. The van der Waals surface area contributed by atoms with Crippen LogP contribution in [-0.2, 0) is 19.1 Å². The van der Waals surface area contributed by atoms with E-state index >= 15 is 0 Å². The Kier molecular flexibility index (Phi) is 4.55. The Labute approximate surface area is 127 Å². The molecule has 2 amide bonds. The number of anilines is 1. The lowest BCUT2D eigenvalue weighted by atomic mass is 10.1.